The van der Waals surface area contributed by atoms with Crippen LogP contribution >= 0.6 is 0 Å². The predicted octanol–water partition coefficient (Wildman–Crippen LogP) is 4.15. The molecule has 1 saturated heterocycles. The highest BCUT2D eigenvalue weighted by Gasteiger charge is 2.22. The molecule has 1 amide bonds. The Hall–Kier alpha value is -2.58. The number of carbonyl (C=O) groups is 1. The Kier molecular flexibility index (Phi) is 8.15. The van der Waals surface area contributed by atoms with Gasteiger partial charge in [-0.2, -0.15) is 4.31 Å². The summed E-state index contributed by atoms with van der Waals surface area (Å²) in [5, 5.41) is 6.04. The lowest BCUT2D eigenvalue weighted by Gasteiger charge is -2.28. The Balaban J connectivity index is 1.62. The number of anilines is 3. The van der Waals surface area contributed by atoms with Gasteiger partial charge in [-0.25, -0.2) is 8.42 Å². The van der Waals surface area contributed by atoms with Crippen molar-refractivity contribution < 1.29 is 13.2 Å². The number of nitrogens with zero attached hydrogens (tertiary/aromatic N) is 2. The number of hydrogen-bond donors (Lipinski definition) is 2. The zero-order valence-electron chi connectivity index (χ0n) is 19.2. The van der Waals surface area contributed by atoms with E-state index in [-0.39, 0.29) is 10.8 Å². The predicted molar refractivity (Wildman–Crippen MR) is 131 cm³/mol. The van der Waals surface area contributed by atoms with Crippen molar-refractivity contribution in [2.75, 3.05) is 41.7 Å². The maximum atomic E-state index is 12.8. The number of hydrogen-bond acceptors (Lipinski definition) is 5. The quantitative estimate of drug-likeness (QED) is 0.590. The molecule has 1 aliphatic heterocycles. The van der Waals surface area contributed by atoms with Crippen LogP contribution < -0.4 is 15.5 Å². The second-order valence-corrected chi connectivity index (χ2v) is 10.0. The van der Waals surface area contributed by atoms with Crippen LogP contribution in [0.2, 0.25) is 0 Å². The van der Waals surface area contributed by atoms with Gasteiger partial charge >= 0.3 is 0 Å². The molecule has 3 rings (SSSR count). The van der Waals surface area contributed by atoms with E-state index in [1.54, 1.807) is 31.2 Å². The van der Waals surface area contributed by atoms with E-state index in [2.05, 4.69) is 15.5 Å². The third-order valence-corrected chi connectivity index (χ3v) is 7.86. The largest absolute Gasteiger partial charge is 0.374 e. The lowest BCUT2D eigenvalue weighted by molar-refractivity contribution is -0.116. The van der Waals surface area contributed by atoms with Crippen LogP contribution in [0, 0.1) is 0 Å². The van der Waals surface area contributed by atoms with Crippen molar-refractivity contribution in [3.8, 4) is 0 Å². The van der Waals surface area contributed by atoms with Crippen LogP contribution in [-0.2, 0) is 14.8 Å². The van der Waals surface area contributed by atoms with Gasteiger partial charge in [-0.1, -0.05) is 19.9 Å². The fourth-order valence-corrected chi connectivity index (χ4v) is 5.44. The number of rotatable bonds is 9. The van der Waals surface area contributed by atoms with Crippen LogP contribution in [-0.4, -0.2) is 50.9 Å². The number of amides is 1. The minimum atomic E-state index is -3.55. The van der Waals surface area contributed by atoms with Gasteiger partial charge in [0.15, 0.2) is 0 Å². The molecule has 0 bridgehead atoms. The normalized spacial score (nSPS) is 15.4. The molecule has 2 aromatic rings. The number of carbonyl (C=O) groups excluding carboxylic acids is 1. The molecule has 7 nitrogen and oxygen atoms in total. The number of benzene rings is 2. The van der Waals surface area contributed by atoms with Gasteiger partial charge in [-0.3, -0.25) is 4.79 Å². The third-order valence-electron chi connectivity index (χ3n) is 5.81. The Morgan fingerprint density at radius 3 is 2.28 bits per heavy atom. The maximum Gasteiger partial charge on any atom is 0.246 e. The molecule has 1 heterocycles. The summed E-state index contributed by atoms with van der Waals surface area (Å²) in [7, 11) is -3.55. The zero-order chi connectivity index (χ0) is 23.1. The summed E-state index contributed by atoms with van der Waals surface area (Å²) in [6.45, 7) is 8.36. The molecule has 0 aliphatic carbocycles. The highest BCUT2D eigenvalue weighted by molar-refractivity contribution is 7.89. The smallest absolute Gasteiger partial charge is 0.246 e. The molecule has 2 aromatic carbocycles. The molecule has 2 N–H and O–H groups in total. The zero-order valence-corrected chi connectivity index (χ0v) is 20.0. The van der Waals surface area contributed by atoms with Crippen molar-refractivity contribution in [2.45, 2.75) is 51.0 Å². The molecule has 0 saturated carbocycles. The van der Waals surface area contributed by atoms with Gasteiger partial charge in [0.1, 0.15) is 6.04 Å². The average Bonchev–Trinajstić information content (AvgIpc) is 2.81. The molecule has 0 aromatic heterocycles. The van der Waals surface area contributed by atoms with Gasteiger partial charge in [0, 0.05) is 43.2 Å². The first-order chi connectivity index (χ1) is 15.3. The monoisotopic (exact) mass is 458 g/mol. The second kappa shape index (κ2) is 10.8. The molecule has 1 atom stereocenters. The summed E-state index contributed by atoms with van der Waals surface area (Å²) < 4.78 is 26.9. The Morgan fingerprint density at radius 2 is 1.66 bits per heavy atom. The molecule has 0 unspecified atom stereocenters. The van der Waals surface area contributed by atoms with E-state index >= 15 is 0 Å². The van der Waals surface area contributed by atoms with Crippen LogP contribution in [0.25, 0.3) is 0 Å². The lowest BCUT2D eigenvalue weighted by Crippen LogP contribution is -2.32. The fourth-order valence-electron chi connectivity index (χ4n) is 3.93. The SMILES string of the molecule is CCN(CC)S(=O)(=O)c1cccc(N[C@@H](C)C(=O)Nc2ccc(N3CCCCC3)cc2)c1. The van der Waals surface area contributed by atoms with Crippen molar-refractivity contribution in [1.29, 1.82) is 0 Å². The van der Waals surface area contributed by atoms with Gasteiger partial charge in [-0.05, 0) is 68.7 Å². The van der Waals surface area contributed by atoms with E-state index in [9.17, 15) is 13.2 Å². The van der Waals surface area contributed by atoms with E-state index in [1.807, 2.05) is 38.1 Å². The molecule has 0 spiro atoms. The molecule has 0 radical (unpaired) electrons. The molecule has 174 valence electrons. The third kappa shape index (κ3) is 5.81. The lowest BCUT2D eigenvalue weighted by atomic mass is 10.1. The Morgan fingerprint density at radius 1 is 1.00 bits per heavy atom. The molecular formula is C24H34N4O3S. The van der Waals surface area contributed by atoms with Crippen molar-refractivity contribution in [1.82, 2.24) is 4.31 Å². The Bertz CT molecular complexity index is 998. The van der Waals surface area contributed by atoms with Crippen LogP contribution in [0.5, 0.6) is 0 Å². The molecule has 8 heteroatoms. The summed E-state index contributed by atoms with van der Waals surface area (Å²) in [5.74, 6) is -0.187. The minimum Gasteiger partial charge on any atom is -0.374 e. The first-order valence-electron chi connectivity index (χ1n) is 11.4. The molecular weight excluding hydrogens is 424 g/mol. The van der Waals surface area contributed by atoms with Crippen molar-refractivity contribution in [2.24, 2.45) is 0 Å². The standard InChI is InChI=1S/C24H34N4O3S/c1-4-28(5-2)32(30,31)23-11-9-10-21(18-23)25-19(3)24(29)26-20-12-14-22(15-13-20)27-16-7-6-8-17-27/h9-15,18-19,25H,4-8,16-17H2,1-3H3,(H,26,29)/t19-/m0/s1. The van der Waals surface area contributed by atoms with Gasteiger partial charge in [0.25, 0.3) is 0 Å². The van der Waals surface area contributed by atoms with E-state index in [4.69, 9.17) is 0 Å². The maximum absolute atomic E-state index is 12.8. The number of sulfonamides is 1. The minimum absolute atomic E-state index is 0.187. The fraction of sp³-hybridized carbons (Fsp3) is 0.458. The highest BCUT2D eigenvalue weighted by Crippen LogP contribution is 2.23. The molecule has 1 aliphatic rings. The van der Waals surface area contributed by atoms with Crippen molar-refractivity contribution in [3.05, 3.63) is 48.5 Å². The first kappa shape index (κ1) is 24.1. The van der Waals surface area contributed by atoms with Gasteiger partial charge in [-0.15, -0.1) is 0 Å². The van der Waals surface area contributed by atoms with Crippen LogP contribution in [0.4, 0.5) is 17.1 Å². The highest BCUT2D eigenvalue weighted by atomic mass is 32.2. The summed E-state index contributed by atoms with van der Waals surface area (Å²) in [6.07, 6.45) is 3.73. The van der Waals surface area contributed by atoms with Gasteiger partial charge in [0.2, 0.25) is 15.9 Å². The van der Waals surface area contributed by atoms with Gasteiger partial charge in [0.05, 0.1) is 4.90 Å². The van der Waals surface area contributed by atoms with E-state index in [1.165, 1.54) is 29.3 Å². The summed E-state index contributed by atoms with van der Waals surface area (Å²) in [6, 6.07) is 14.0. The Labute approximate surface area is 191 Å². The summed E-state index contributed by atoms with van der Waals surface area (Å²) in [4.78, 5) is 15.3. The van der Waals surface area contributed by atoms with E-state index in [0.717, 1.165) is 18.8 Å². The average molecular weight is 459 g/mol. The van der Waals surface area contributed by atoms with Crippen LogP contribution in [0.15, 0.2) is 53.4 Å². The van der Waals surface area contributed by atoms with Crippen LogP contribution in [0.1, 0.15) is 40.0 Å². The topological polar surface area (TPSA) is 81.8 Å². The second-order valence-electron chi connectivity index (χ2n) is 8.07. The number of piperidine rings is 1. The van der Waals surface area contributed by atoms with Gasteiger partial charge < -0.3 is 15.5 Å². The number of nitrogens with one attached hydrogen (secondary N) is 2. The van der Waals surface area contributed by atoms with E-state index < -0.39 is 16.1 Å². The van der Waals surface area contributed by atoms with Crippen LogP contribution in [0.3, 0.4) is 0 Å². The van der Waals surface area contributed by atoms with E-state index in [0.29, 0.717) is 18.8 Å². The molecule has 32 heavy (non-hydrogen) atoms. The first-order valence-corrected chi connectivity index (χ1v) is 12.8. The summed E-state index contributed by atoms with van der Waals surface area (Å²) in [5.41, 5.74) is 2.50. The van der Waals surface area contributed by atoms with Crippen molar-refractivity contribution in [3.63, 3.8) is 0 Å². The summed E-state index contributed by atoms with van der Waals surface area (Å²) >= 11 is 0. The molecule has 1 fully saturated rings. The van der Waals surface area contributed by atoms with Crippen molar-refractivity contribution >= 4 is 33.0 Å².